The number of carbonyl (C=O) groups is 1. The Hall–Kier alpha value is -3.17. The van der Waals surface area contributed by atoms with E-state index in [4.69, 9.17) is 18.9 Å². The Balaban J connectivity index is 1.30. The number of amides is 1. The average molecular weight is 393 g/mol. The Bertz CT molecular complexity index is 910. The van der Waals surface area contributed by atoms with Gasteiger partial charge in [0.2, 0.25) is 12.7 Å². The molecule has 1 amide bonds. The van der Waals surface area contributed by atoms with Crippen LogP contribution in [0.5, 0.6) is 17.2 Å². The molecule has 150 valence electrons. The molecule has 2 heterocycles. The van der Waals surface area contributed by atoms with E-state index in [2.05, 4.69) is 17.2 Å². The van der Waals surface area contributed by atoms with Crippen molar-refractivity contribution in [2.24, 2.45) is 0 Å². The van der Waals surface area contributed by atoms with Crippen LogP contribution in [0.2, 0.25) is 0 Å². The molecule has 0 saturated carbocycles. The van der Waals surface area contributed by atoms with Gasteiger partial charge in [-0.2, -0.15) is 0 Å². The molecule has 1 N–H and O–H groups in total. The second-order valence-electron chi connectivity index (χ2n) is 6.90. The molecule has 6 nitrogen and oxygen atoms in total. The van der Waals surface area contributed by atoms with E-state index in [-0.39, 0.29) is 25.9 Å². The highest BCUT2D eigenvalue weighted by molar-refractivity contribution is 5.88. The third kappa shape index (κ3) is 4.30. The van der Waals surface area contributed by atoms with Crippen LogP contribution in [0, 0.1) is 11.8 Å². The zero-order valence-electron chi connectivity index (χ0n) is 16.1. The fraction of sp³-hybridized carbons (Fsp3) is 0.348. The number of benzene rings is 2. The molecule has 4 rings (SSSR count). The van der Waals surface area contributed by atoms with Gasteiger partial charge >= 0.3 is 0 Å². The van der Waals surface area contributed by atoms with Gasteiger partial charge in [0.15, 0.2) is 11.5 Å². The molecule has 0 aromatic heterocycles. The maximum Gasteiger partial charge on any atom is 0.231 e. The molecule has 2 aliphatic rings. The van der Waals surface area contributed by atoms with Crippen molar-refractivity contribution in [1.82, 2.24) is 5.32 Å². The van der Waals surface area contributed by atoms with Crippen molar-refractivity contribution in [3.63, 3.8) is 0 Å². The number of nitrogens with one attached hydrogen (secondary N) is 1. The van der Waals surface area contributed by atoms with Crippen LogP contribution in [0.3, 0.4) is 0 Å². The molecule has 0 bridgehead atoms. The Morgan fingerprint density at radius 2 is 1.83 bits per heavy atom. The number of rotatable bonds is 5. The molecule has 0 aliphatic carbocycles. The first kappa shape index (κ1) is 19.2. The van der Waals surface area contributed by atoms with Crippen LogP contribution in [-0.4, -0.2) is 39.1 Å². The third-order valence-electron chi connectivity index (χ3n) is 5.22. The van der Waals surface area contributed by atoms with Crippen molar-refractivity contribution in [1.29, 1.82) is 0 Å². The second-order valence-corrected chi connectivity index (χ2v) is 6.90. The molecule has 2 aromatic rings. The van der Waals surface area contributed by atoms with Gasteiger partial charge in [-0.25, -0.2) is 0 Å². The number of hydrogen-bond acceptors (Lipinski definition) is 5. The second kappa shape index (κ2) is 8.89. The van der Waals surface area contributed by atoms with E-state index in [0.717, 1.165) is 5.56 Å². The third-order valence-corrected chi connectivity index (χ3v) is 5.22. The van der Waals surface area contributed by atoms with Gasteiger partial charge < -0.3 is 24.3 Å². The molecular formula is C23H23NO5. The lowest BCUT2D eigenvalue weighted by Crippen LogP contribution is -2.48. The normalized spacial score (nSPS) is 16.4. The zero-order chi connectivity index (χ0) is 19.9. The molecule has 1 fully saturated rings. The van der Waals surface area contributed by atoms with Crippen LogP contribution in [0.25, 0.3) is 0 Å². The summed E-state index contributed by atoms with van der Waals surface area (Å²) in [7, 11) is 0. The van der Waals surface area contributed by atoms with Crippen LogP contribution in [0.4, 0.5) is 0 Å². The molecule has 0 atom stereocenters. The first-order valence-corrected chi connectivity index (χ1v) is 9.68. The van der Waals surface area contributed by atoms with Crippen LogP contribution >= 0.6 is 0 Å². The highest BCUT2D eigenvalue weighted by Gasteiger charge is 2.41. The lowest BCUT2D eigenvalue weighted by Gasteiger charge is -2.36. The molecule has 1 saturated heterocycles. The van der Waals surface area contributed by atoms with Crippen LogP contribution in [-0.2, 0) is 14.9 Å². The van der Waals surface area contributed by atoms with E-state index in [1.54, 1.807) is 6.07 Å². The van der Waals surface area contributed by atoms with Crippen LogP contribution < -0.4 is 19.5 Å². The van der Waals surface area contributed by atoms with Gasteiger partial charge in [-0.15, -0.1) is 0 Å². The van der Waals surface area contributed by atoms with Crippen LogP contribution in [0.1, 0.15) is 18.4 Å². The first-order valence-electron chi connectivity index (χ1n) is 9.68. The first-order chi connectivity index (χ1) is 14.3. The summed E-state index contributed by atoms with van der Waals surface area (Å²) < 4.78 is 21.7. The van der Waals surface area contributed by atoms with Crippen molar-refractivity contribution in [2.45, 2.75) is 18.3 Å². The summed E-state index contributed by atoms with van der Waals surface area (Å²) in [6, 6.07) is 15.3. The minimum absolute atomic E-state index is 0.00186. The summed E-state index contributed by atoms with van der Waals surface area (Å²) in [5.41, 5.74) is 0.476. The van der Waals surface area contributed by atoms with E-state index >= 15 is 0 Å². The summed E-state index contributed by atoms with van der Waals surface area (Å²) in [5, 5.41) is 2.96. The molecule has 2 aliphatic heterocycles. The smallest absolute Gasteiger partial charge is 0.231 e. The van der Waals surface area contributed by atoms with Crippen molar-refractivity contribution in [3.8, 4) is 29.1 Å². The van der Waals surface area contributed by atoms with Gasteiger partial charge in [0, 0.05) is 19.3 Å². The summed E-state index contributed by atoms with van der Waals surface area (Å²) in [4.78, 5) is 13.0. The Labute approximate surface area is 170 Å². The lowest BCUT2D eigenvalue weighted by molar-refractivity contribution is -0.130. The average Bonchev–Trinajstić information content (AvgIpc) is 3.25. The SMILES string of the molecule is O=C(NCC#CCOc1ccc2c(c1)OCO2)C1(c2ccccc2)CCOCC1. The quantitative estimate of drug-likeness (QED) is 0.792. The minimum Gasteiger partial charge on any atom is -0.481 e. The van der Waals surface area contributed by atoms with Gasteiger partial charge in [0.25, 0.3) is 0 Å². The van der Waals surface area contributed by atoms with Crippen molar-refractivity contribution >= 4 is 5.91 Å². The van der Waals surface area contributed by atoms with Gasteiger partial charge in [0.1, 0.15) is 12.4 Å². The van der Waals surface area contributed by atoms with Gasteiger partial charge in [0.05, 0.1) is 12.0 Å². The summed E-state index contributed by atoms with van der Waals surface area (Å²) in [6.07, 6.45) is 1.34. The van der Waals surface area contributed by atoms with E-state index in [9.17, 15) is 4.79 Å². The van der Waals surface area contributed by atoms with Crippen molar-refractivity contribution < 1.29 is 23.7 Å². The van der Waals surface area contributed by atoms with E-state index in [1.165, 1.54) is 0 Å². The van der Waals surface area contributed by atoms with Gasteiger partial charge in [-0.05, 0) is 30.5 Å². The van der Waals surface area contributed by atoms with E-state index in [1.807, 2.05) is 42.5 Å². The molecule has 0 unspecified atom stereocenters. The van der Waals surface area contributed by atoms with Gasteiger partial charge in [-0.1, -0.05) is 42.2 Å². The predicted molar refractivity (Wildman–Crippen MR) is 107 cm³/mol. The van der Waals surface area contributed by atoms with Gasteiger partial charge in [-0.3, -0.25) is 4.79 Å². The molecule has 0 radical (unpaired) electrons. The molecular weight excluding hydrogens is 370 g/mol. The maximum atomic E-state index is 13.0. The summed E-state index contributed by atoms with van der Waals surface area (Å²) in [5.74, 6) is 7.93. The molecule has 6 heteroatoms. The van der Waals surface area contributed by atoms with Crippen molar-refractivity contribution in [3.05, 3.63) is 54.1 Å². The Morgan fingerprint density at radius 1 is 1.03 bits per heavy atom. The highest BCUT2D eigenvalue weighted by atomic mass is 16.7. The molecule has 29 heavy (non-hydrogen) atoms. The standard InChI is InChI=1S/C23H23NO5/c25-22(23(10-14-26-15-11-23)18-6-2-1-3-7-18)24-12-4-5-13-27-19-8-9-20-21(16-19)29-17-28-20/h1-3,6-9,16H,10-15,17H2,(H,24,25). The fourth-order valence-corrected chi connectivity index (χ4v) is 3.62. The fourth-order valence-electron chi connectivity index (χ4n) is 3.62. The molecule has 0 spiro atoms. The Kier molecular flexibility index (Phi) is 5.87. The van der Waals surface area contributed by atoms with E-state index < -0.39 is 5.41 Å². The van der Waals surface area contributed by atoms with Crippen molar-refractivity contribution in [2.75, 3.05) is 33.2 Å². The topological polar surface area (TPSA) is 66.0 Å². The summed E-state index contributed by atoms with van der Waals surface area (Å²) >= 11 is 0. The Morgan fingerprint density at radius 3 is 2.66 bits per heavy atom. The number of carbonyl (C=O) groups excluding carboxylic acids is 1. The van der Waals surface area contributed by atoms with Crippen LogP contribution in [0.15, 0.2) is 48.5 Å². The van der Waals surface area contributed by atoms with E-state index in [0.29, 0.717) is 43.3 Å². The number of ether oxygens (including phenoxy) is 4. The number of hydrogen-bond donors (Lipinski definition) is 1. The predicted octanol–water partition coefficient (Wildman–Crippen LogP) is 2.66. The minimum atomic E-state index is -0.551. The molecule has 2 aromatic carbocycles. The zero-order valence-corrected chi connectivity index (χ0v) is 16.1. The summed E-state index contributed by atoms with van der Waals surface area (Å²) in [6.45, 7) is 1.90. The largest absolute Gasteiger partial charge is 0.481 e. The lowest BCUT2D eigenvalue weighted by atomic mass is 9.73. The monoisotopic (exact) mass is 393 g/mol. The maximum absolute atomic E-state index is 13.0. The number of fused-ring (bicyclic) bond motifs is 1. The highest BCUT2D eigenvalue weighted by Crippen LogP contribution is 2.36.